The second-order valence-corrected chi connectivity index (χ2v) is 8.32. The van der Waals surface area contributed by atoms with Gasteiger partial charge in [-0.3, -0.25) is 9.59 Å². The zero-order valence-electron chi connectivity index (χ0n) is 15.7. The van der Waals surface area contributed by atoms with Gasteiger partial charge in [-0.2, -0.15) is 0 Å². The fraction of sp³-hybridized carbons (Fsp3) is 0.0455. The summed E-state index contributed by atoms with van der Waals surface area (Å²) in [7, 11) is 0. The van der Waals surface area contributed by atoms with Crippen LogP contribution in [-0.2, 0) is 4.79 Å². The fourth-order valence-corrected chi connectivity index (χ4v) is 3.92. The van der Waals surface area contributed by atoms with Crippen LogP contribution in [0.25, 0.3) is 11.0 Å². The number of thioether (sulfide) groups is 1. The second kappa shape index (κ2) is 9.15. The number of para-hydroxylation sites is 2. The van der Waals surface area contributed by atoms with E-state index < -0.39 is 0 Å². The van der Waals surface area contributed by atoms with E-state index in [0.717, 1.165) is 15.5 Å². The highest BCUT2D eigenvalue weighted by Crippen LogP contribution is 2.20. The van der Waals surface area contributed by atoms with Gasteiger partial charge in [-0.1, -0.05) is 52.0 Å². The van der Waals surface area contributed by atoms with Gasteiger partial charge in [0.15, 0.2) is 5.16 Å². The minimum atomic E-state index is -0.249. The van der Waals surface area contributed by atoms with Gasteiger partial charge in [-0.05, 0) is 48.5 Å². The first-order valence-corrected chi connectivity index (χ1v) is 10.9. The Bertz CT molecular complexity index is 1190. The molecule has 0 aliphatic heterocycles. The van der Waals surface area contributed by atoms with Gasteiger partial charge in [-0.25, -0.2) is 4.98 Å². The molecule has 0 fully saturated rings. The SMILES string of the molecule is O=C(CSc1nc2ccccc2[nH]1)Nc1cccc(C(=O)Nc2cccc(Br)c2)c1. The molecule has 0 spiro atoms. The number of fused-ring (bicyclic) bond motifs is 1. The number of halogens is 1. The lowest BCUT2D eigenvalue weighted by Crippen LogP contribution is -2.16. The summed E-state index contributed by atoms with van der Waals surface area (Å²) < 4.78 is 0.878. The molecule has 2 amide bonds. The number of imidazole rings is 1. The van der Waals surface area contributed by atoms with Crippen LogP contribution < -0.4 is 10.6 Å². The van der Waals surface area contributed by atoms with Gasteiger partial charge in [0.05, 0.1) is 16.8 Å². The van der Waals surface area contributed by atoms with Crippen molar-refractivity contribution in [3.63, 3.8) is 0 Å². The number of H-pyrrole nitrogens is 1. The molecule has 4 aromatic rings. The average Bonchev–Trinajstić information content (AvgIpc) is 3.15. The van der Waals surface area contributed by atoms with Gasteiger partial charge < -0.3 is 15.6 Å². The van der Waals surface area contributed by atoms with Gasteiger partial charge in [0.1, 0.15) is 0 Å². The Kier molecular flexibility index (Phi) is 6.15. The van der Waals surface area contributed by atoms with E-state index in [1.54, 1.807) is 24.3 Å². The van der Waals surface area contributed by atoms with Crippen molar-refractivity contribution < 1.29 is 9.59 Å². The zero-order valence-corrected chi connectivity index (χ0v) is 18.1. The Morgan fingerprint density at radius 1 is 0.933 bits per heavy atom. The summed E-state index contributed by atoms with van der Waals surface area (Å²) in [5, 5.41) is 6.35. The lowest BCUT2D eigenvalue weighted by Gasteiger charge is -2.08. The standard InChI is InChI=1S/C22H17BrN4O2S/c23-15-6-4-8-17(12-15)25-21(29)14-5-3-7-16(11-14)24-20(28)13-30-22-26-18-9-1-2-10-19(18)27-22/h1-12H,13H2,(H,24,28)(H,25,29)(H,26,27). The number of aromatic amines is 1. The summed E-state index contributed by atoms with van der Waals surface area (Å²) in [5.41, 5.74) is 3.50. The normalized spacial score (nSPS) is 10.7. The van der Waals surface area contributed by atoms with Crippen molar-refractivity contribution in [1.29, 1.82) is 0 Å². The van der Waals surface area contributed by atoms with Crippen LogP contribution >= 0.6 is 27.7 Å². The first-order chi connectivity index (χ1) is 14.6. The Hall–Kier alpha value is -3.10. The molecule has 30 heavy (non-hydrogen) atoms. The summed E-state index contributed by atoms with van der Waals surface area (Å²) in [4.78, 5) is 32.5. The maximum absolute atomic E-state index is 12.5. The molecule has 0 saturated heterocycles. The Morgan fingerprint density at radius 2 is 1.70 bits per heavy atom. The third kappa shape index (κ3) is 5.08. The molecule has 8 heteroatoms. The van der Waals surface area contributed by atoms with E-state index in [9.17, 15) is 9.59 Å². The Balaban J connectivity index is 1.36. The van der Waals surface area contributed by atoms with Crippen molar-refractivity contribution in [2.45, 2.75) is 5.16 Å². The van der Waals surface area contributed by atoms with Crippen molar-refractivity contribution in [3.05, 3.63) is 82.8 Å². The number of amides is 2. The van der Waals surface area contributed by atoms with Gasteiger partial charge in [-0.15, -0.1) is 0 Å². The van der Waals surface area contributed by atoms with Crippen LogP contribution in [0, 0.1) is 0 Å². The fourth-order valence-electron chi connectivity index (χ4n) is 2.84. The van der Waals surface area contributed by atoms with Crippen LogP contribution in [0.3, 0.4) is 0 Å². The maximum Gasteiger partial charge on any atom is 0.255 e. The molecule has 0 bridgehead atoms. The van der Waals surface area contributed by atoms with E-state index >= 15 is 0 Å². The van der Waals surface area contributed by atoms with E-state index in [2.05, 4.69) is 36.5 Å². The maximum atomic E-state index is 12.5. The topological polar surface area (TPSA) is 86.9 Å². The van der Waals surface area contributed by atoms with Crippen molar-refractivity contribution in [1.82, 2.24) is 9.97 Å². The lowest BCUT2D eigenvalue weighted by atomic mass is 10.2. The smallest absolute Gasteiger partial charge is 0.255 e. The van der Waals surface area contributed by atoms with Crippen LogP contribution in [0.2, 0.25) is 0 Å². The van der Waals surface area contributed by atoms with Gasteiger partial charge >= 0.3 is 0 Å². The van der Waals surface area contributed by atoms with Crippen LogP contribution in [-0.4, -0.2) is 27.5 Å². The molecule has 1 aromatic heterocycles. The van der Waals surface area contributed by atoms with E-state index in [0.29, 0.717) is 22.1 Å². The molecule has 1 heterocycles. The van der Waals surface area contributed by atoms with Crippen LogP contribution in [0.1, 0.15) is 10.4 Å². The highest BCUT2D eigenvalue weighted by atomic mass is 79.9. The van der Waals surface area contributed by atoms with E-state index in [1.807, 2.05) is 48.5 Å². The number of carbonyl (C=O) groups is 2. The number of hydrogen-bond acceptors (Lipinski definition) is 4. The summed E-state index contributed by atoms with van der Waals surface area (Å²) in [6.07, 6.45) is 0. The Labute approximate surface area is 185 Å². The van der Waals surface area contributed by atoms with Crippen molar-refractivity contribution in [2.24, 2.45) is 0 Å². The van der Waals surface area contributed by atoms with Gasteiger partial charge in [0.2, 0.25) is 5.91 Å². The lowest BCUT2D eigenvalue weighted by molar-refractivity contribution is -0.113. The summed E-state index contributed by atoms with van der Waals surface area (Å²) in [6.45, 7) is 0. The molecule has 6 nitrogen and oxygen atoms in total. The highest BCUT2D eigenvalue weighted by Gasteiger charge is 2.10. The third-order valence-electron chi connectivity index (χ3n) is 4.20. The van der Waals surface area contributed by atoms with Crippen LogP contribution in [0.5, 0.6) is 0 Å². The molecule has 150 valence electrons. The second-order valence-electron chi connectivity index (χ2n) is 6.44. The molecule has 0 radical (unpaired) electrons. The van der Waals surface area contributed by atoms with Gasteiger partial charge in [0, 0.05) is 21.4 Å². The van der Waals surface area contributed by atoms with Crippen LogP contribution in [0.15, 0.2) is 82.4 Å². The van der Waals surface area contributed by atoms with Crippen molar-refractivity contribution in [2.75, 3.05) is 16.4 Å². The number of anilines is 2. The van der Waals surface area contributed by atoms with E-state index in [-0.39, 0.29) is 17.6 Å². The molecule has 3 N–H and O–H groups in total. The van der Waals surface area contributed by atoms with Crippen LogP contribution in [0.4, 0.5) is 11.4 Å². The third-order valence-corrected chi connectivity index (χ3v) is 5.57. The largest absolute Gasteiger partial charge is 0.333 e. The molecule has 0 saturated carbocycles. The zero-order chi connectivity index (χ0) is 20.9. The predicted octanol–water partition coefficient (Wildman–Crippen LogP) is 5.31. The Morgan fingerprint density at radius 3 is 2.50 bits per heavy atom. The number of nitrogens with zero attached hydrogens (tertiary/aromatic N) is 1. The molecule has 4 rings (SSSR count). The molecule has 0 aliphatic carbocycles. The predicted molar refractivity (Wildman–Crippen MR) is 124 cm³/mol. The monoisotopic (exact) mass is 480 g/mol. The number of aromatic nitrogens is 2. The number of nitrogens with one attached hydrogen (secondary N) is 3. The minimum Gasteiger partial charge on any atom is -0.333 e. The van der Waals surface area contributed by atoms with Gasteiger partial charge in [0.25, 0.3) is 5.91 Å². The summed E-state index contributed by atoms with van der Waals surface area (Å²) in [6, 6.07) is 21.9. The quantitative estimate of drug-likeness (QED) is 0.326. The number of benzene rings is 3. The highest BCUT2D eigenvalue weighted by molar-refractivity contribution is 9.10. The molecular weight excluding hydrogens is 464 g/mol. The number of rotatable bonds is 6. The summed E-state index contributed by atoms with van der Waals surface area (Å²) >= 11 is 4.71. The average molecular weight is 481 g/mol. The van der Waals surface area contributed by atoms with Crippen molar-refractivity contribution in [3.8, 4) is 0 Å². The van der Waals surface area contributed by atoms with E-state index in [4.69, 9.17) is 0 Å². The molecule has 0 atom stereocenters. The number of carbonyl (C=O) groups excluding carboxylic acids is 2. The molecular formula is C22H17BrN4O2S. The molecule has 0 aliphatic rings. The van der Waals surface area contributed by atoms with Crippen molar-refractivity contribution >= 4 is 61.9 Å². The summed E-state index contributed by atoms with van der Waals surface area (Å²) in [5.74, 6) is -0.222. The van der Waals surface area contributed by atoms with E-state index in [1.165, 1.54) is 11.8 Å². The first kappa shape index (κ1) is 20.2. The number of hydrogen-bond donors (Lipinski definition) is 3. The first-order valence-electron chi connectivity index (χ1n) is 9.11. The minimum absolute atomic E-state index is 0.176. The molecule has 3 aromatic carbocycles. The molecule has 0 unspecified atom stereocenters.